The third kappa shape index (κ3) is 3.67. The molecule has 0 unspecified atom stereocenters. The molecule has 0 saturated heterocycles. The van der Waals surface area contributed by atoms with Crippen molar-refractivity contribution >= 4 is 33.8 Å². The molecule has 0 spiro atoms. The van der Waals surface area contributed by atoms with E-state index in [0.717, 1.165) is 45.8 Å². The number of aromatic nitrogens is 1. The predicted octanol–water partition coefficient (Wildman–Crippen LogP) is 5.36. The minimum absolute atomic E-state index is 0.220. The van der Waals surface area contributed by atoms with Crippen molar-refractivity contribution in [2.24, 2.45) is 5.10 Å². The monoisotopic (exact) mass is 411 g/mol. The first-order valence-corrected chi connectivity index (χ1v) is 10.9. The van der Waals surface area contributed by atoms with Crippen LogP contribution >= 0.6 is 0 Å². The van der Waals surface area contributed by atoms with Gasteiger partial charge in [0.1, 0.15) is 5.75 Å². The number of H-pyrrole nitrogens is 1. The van der Waals surface area contributed by atoms with E-state index in [1.807, 2.05) is 61.5 Å². The van der Waals surface area contributed by atoms with Crippen LogP contribution in [0.1, 0.15) is 46.9 Å². The van der Waals surface area contributed by atoms with Crippen LogP contribution in [0.25, 0.3) is 21.7 Å². The van der Waals surface area contributed by atoms with Crippen LogP contribution in [-0.4, -0.2) is 23.7 Å². The van der Waals surface area contributed by atoms with Crippen molar-refractivity contribution in [1.82, 2.24) is 10.4 Å². The number of carbonyl (C=O) groups is 1. The van der Waals surface area contributed by atoms with E-state index in [4.69, 9.17) is 4.74 Å². The number of benzene rings is 3. The quantitative estimate of drug-likeness (QED) is 0.343. The molecule has 1 aromatic heterocycles. The van der Waals surface area contributed by atoms with Crippen molar-refractivity contribution in [3.05, 3.63) is 77.0 Å². The molecule has 5 nitrogen and oxygen atoms in total. The van der Waals surface area contributed by atoms with E-state index in [9.17, 15) is 4.79 Å². The molecule has 0 atom stereocenters. The highest BCUT2D eigenvalue weighted by atomic mass is 16.5. The Balaban J connectivity index is 1.41. The van der Waals surface area contributed by atoms with E-state index in [2.05, 4.69) is 15.5 Å². The van der Waals surface area contributed by atoms with Crippen LogP contribution in [0.4, 0.5) is 0 Å². The van der Waals surface area contributed by atoms with E-state index >= 15 is 0 Å². The van der Waals surface area contributed by atoms with Crippen LogP contribution in [0.5, 0.6) is 5.75 Å². The minimum Gasteiger partial charge on any atom is -0.493 e. The molecule has 3 aromatic carbocycles. The number of amides is 1. The lowest BCUT2D eigenvalue weighted by molar-refractivity contribution is 0.0955. The SMILES string of the molecule is CCOc1ccc2ccccc2c1/C=N\NC(=O)c1ccc2[nH]c3c(c2c1)CCCC3. The van der Waals surface area contributed by atoms with E-state index in [1.165, 1.54) is 24.1 Å². The van der Waals surface area contributed by atoms with E-state index in [-0.39, 0.29) is 5.91 Å². The van der Waals surface area contributed by atoms with Gasteiger partial charge in [0.05, 0.1) is 12.8 Å². The zero-order chi connectivity index (χ0) is 21.2. The van der Waals surface area contributed by atoms with Gasteiger partial charge in [-0.3, -0.25) is 4.79 Å². The Morgan fingerprint density at radius 3 is 2.87 bits per heavy atom. The summed E-state index contributed by atoms with van der Waals surface area (Å²) < 4.78 is 5.77. The van der Waals surface area contributed by atoms with E-state index < -0.39 is 0 Å². The van der Waals surface area contributed by atoms with Gasteiger partial charge in [-0.1, -0.05) is 30.3 Å². The summed E-state index contributed by atoms with van der Waals surface area (Å²) >= 11 is 0. The maximum Gasteiger partial charge on any atom is 0.271 e. The first-order chi connectivity index (χ1) is 15.2. The van der Waals surface area contributed by atoms with Gasteiger partial charge in [0.15, 0.2) is 0 Å². The number of hydrogen-bond donors (Lipinski definition) is 2. The molecule has 4 aromatic rings. The fraction of sp³-hybridized carbons (Fsp3) is 0.231. The maximum absolute atomic E-state index is 12.8. The second-order valence-electron chi connectivity index (χ2n) is 7.88. The summed E-state index contributed by atoms with van der Waals surface area (Å²) in [4.78, 5) is 16.3. The van der Waals surface area contributed by atoms with E-state index in [1.54, 1.807) is 6.21 Å². The van der Waals surface area contributed by atoms with E-state index in [0.29, 0.717) is 12.2 Å². The molecule has 5 rings (SSSR count). The lowest BCUT2D eigenvalue weighted by Gasteiger charge is -2.10. The highest BCUT2D eigenvalue weighted by Crippen LogP contribution is 2.30. The second kappa shape index (κ2) is 8.26. The molecule has 0 saturated carbocycles. The standard InChI is InChI=1S/C26H25N3O2/c1-2-31-25-14-12-17-7-3-4-8-19(17)22(25)16-27-29-26(30)18-11-13-24-21(15-18)20-9-5-6-10-23(20)28-24/h3-4,7-8,11-16,28H,2,5-6,9-10H2,1H3,(H,29,30)/b27-16-. The van der Waals surface area contributed by atoms with Gasteiger partial charge in [0.25, 0.3) is 5.91 Å². The topological polar surface area (TPSA) is 66.5 Å². The smallest absolute Gasteiger partial charge is 0.271 e. The number of rotatable bonds is 5. The summed E-state index contributed by atoms with van der Waals surface area (Å²) in [5.41, 5.74) is 7.93. The molecule has 1 heterocycles. The van der Waals surface area contributed by atoms with Gasteiger partial charge in [-0.15, -0.1) is 0 Å². The largest absolute Gasteiger partial charge is 0.493 e. The van der Waals surface area contributed by atoms with Gasteiger partial charge < -0.3 is 9.72 Å². The Hall–Kier alpha value is -3.60. The number of aromatic amines is 1. The van der Waals surface area contributed by atoms with Gasteiger partial charge in [-0.2, -0.15) is 5.10 Å². The predicted molar refractivity (Wildman–Crippen MR) is 125 cm³/mol. The molecule has 5 heteroatoms. The highest BCUT2D eigenvalue weighted by Gasteiger charge is 2.16. The Kier molecular flexibility index (Phi) is 5.16. The number of nitrogens with zero attached hydrogens (tertiary/aromatic N) is 1. The van der Waals surface area contributed by atoms with Gasteiger partial charge in [-0.25, -0.2) is 5.43 Å². The Bertz CT molecular complexity index is 1300. The van der Waals surface area contributed by atoms with Crippen molar-refractivity contribution < 1.29 is 9.53 Å². The number of hydrogen-bond acceptors (Lipinski definition) is 3. The maximum atomic E-state index is 12.8. The minimum atomic E-state index is -0.220. The van der Waals surface area contributed by atoms with Crippen LogP contribution < -0.4 is 10.2 Å². The lowest BCUT2D eigenvalue weighted by atomic mass is 9.95. The zero-order valence-electron chi connectivity index (χ0n) is 17.6. The van der Waals surface area contributed by atoms with Crippen molar-refractivity contribution in [1.29, 1.82) is 0 Å². The molecule has 0 bridgehead atoms. The third-order valence-corrected chi connectivity index (χ3v) is 5.95. The zero-order valence-corrected chi connectivity index (χ0v) is 17.6. The van der Waals surface area contributed by atoms with Gasteiger partial charge in [-0.05, 0) is 73.2 Å². The van der Waals surface area contributed by atoms with Crippen LogP contribution in [0.2, 0.25) is 0 Å². The fourth-order valence-electron chi connectivity index (χ4n) is 4.46. The number of ether oxygens (including phenoxy) is 1. The summed E-state index contributed by atoms with van der Waals surface area (Å²) in [6.07, 6.45) is 6.25. The molecule has 0 radical (unpaired) electrons. The summed E-state index contributed by atoms with van der Waals surface area (Å²) in [5, 5.41) is 7.54. The molecule has 1 amide bonds. The third-order valence-electron chi connectivity index (χ3n) is 5.95. The van der Waals surface area contributed by atoms with Crippen LogP contribution in [0.15, 0.2) is 59.7 Å². The van der Waals surface area contributed by atoms with Crippen molar-refractivity contribution in [3.8, 4) is 5.75 Å². The number of nitrogens with one attached hydrogen (secondary N) is 2. The Morgan fingerprint density at radius 2 is 1.97 bits per heavy atom. The number of carbonyl (C=O) groups excluding carboxylic acids is 1. The normalized spacial score (nSPS) is 13.6. The molecule has 1 aliphatic carbocycles. The lowest BCUT2D eigenvalue weighted by Crippen LogP contribution is -2.17. The Labute approximate surface area is 181 Å². The molecular formula is C26H25N3O2. The van der Waals surface area contributed by atoms with Gasteiger partial charge >= 0.3 is 0 Å². The first kappa shape index (κ1) is 19.4. The average molecular weight is 412 g/mol. The van der Waals surface area contributed by atoms with Crippen molar-refractivity contribution in [2.75, 3.05) is 6.61 Å². The van der Waals surface area contributed by atoms with Crippen LogP contribution in [0.3, 0.4) is 0 Å². The second-order valence-corrected chi connectivity index (χ2v) is 7.88. The molecular weight excluding hydrogens is 386 g/mol. The summed E-state index contributed by atoms with van der Waals surface area (Å²) in [6.45, 7) is 2.51. The van der Waals surface area contributed by atoms with Gasteiger partial charge in [0.2, 0.25) is 0 Å². The molecule has 1 aliphatic rings. The number of hydrazone groups is 1. The van der Waals surface area contributed by atoms with Gasteiger partial charge in [0, 0.05) is 27.7 Å². The van der Waals surface area contributed by atoms with Crippen molar-refractivity contribution in [2.45, 2.75) is 32.6 Å². The van der Waals surface area contributed by atoms with Crippen LogP contribution in [0, 0.1) is 0 Å². The molecule has 0 fully saturated rings. The number of fused-ring (bicyclic) bond motifs is 4. The summed E-state index contributed by atoms with van der Waals surface area (Å²) in [7, 11) is 0. The fourth-order valence-corrected chi connectivity index (χ4v) is 4.46. The molecule has 31 heavy (non-hydrogen) atoms. The van der Waals surface area contributed by atoms with Crippen molar-refractivity contribution in [3.63, 3.8) is 0 Å². The molecule has 2 N–H and O–H groups in total. The number of aryl methyl sites for hydroxylation is 2. The van der Waals surface area contributed by atoms with Crippen LogP contribution in [-0.2, 0) is 12.8 Å². The summed E-state index contributed by atoms with van der Waals surface area (Å²) in [6, 6.07) is 17.9. The first-order valence-electron chi connectivity index (χ1n) is 10.9. The summed E-state index contributed by atoms with van der Waals surface area (Å²) in [5.74, 6) is 0.529. The Morgan fingerprint density at radius 1 is 1.10 bits per heavy atom. The molecule has 156 valence electrons. The average Bonchev–Trinajstić information content (AvgIpc) is 3.18. The molecule has 0 aliphatic heterocycles. The highest BCUT2D eigenvalue weighted by molar-refractivity contribution is 6.03.